The van der Waals surface area contributed by atoms with Crippen molar-refractivity contribution in [1.82, 2.24) is 4.48 Å². The highest BCUT2D eigenvalue weighted by Gasteiger charge is 2.55. The third-order valence-electron chi connectivity index (χ3n) is 7.94. The van der Waals surface area contributed by atoms with E-state index in [1.165, 1.54) is 8.96 Å². The van der Waals surface area contributed by atoms with Crippen molar-refractivity contribution in [2.24, 2.45) is 0 Å². The molecule has 0 saturated carbocycles. The lowest BCUT2D eigenvalue weighted by atomic mass is 9.83. The number of rotatable bonds is 6. The molecule has 0 radical (unpaired) electrons. The molecular weight excluding hydrogens is 654 g/mol. The fraction of sp³-hybridized carbons (Fsp3) is 0.114. The van der Waals surface area contributed by atoms with Crippen LogP contribution < -0.4 is 4.90 Å². The van der Waals surface area contributed by atoms with Gasteiger partial charge in [0.25, 0.3) is 0 Å². The first-order valence-corrected chi connectivity index (χ1v) is 15.1. The van der Waals surface area contributed by atoms with Crippen molar-refractivity contribution in [3.05, 3.63) is 139 Å². The van der Waals surface area contributed by atoms with E-state index in [2.05, 4.69) is 22.6 Å². The second-order valence-electron chi connectivity index (χ2n) is 11.2. The van der Waals surface area contributed by atoms with Crippen molar-refractivity contribution >= 4 is 64.8 Å². The summed E-state index contributed by atoms with van der Waals surface area (Å²) in [5, 5.41) is 9.66. The molecule has 4 aromatic rings. The summed E-state index contributed by atoms with van der Waals surface area (Å²) in [4.78, 5) is 2.02. The molecule has 0 aliphatic carbocycles. The predicted molar refractivity (Wildman–Crippen MR) is 184 cm³/mol. The minimum Gasteiger partial charge on any atom is -0.508 e. The lowest BCUT2D eigenvalue weighted by Gasteiger charge is -2.34. The number of phenols is 1. The molecule has 0 bridgehead atoms. The number of nitrogens with zero attached hydrogens (tertiary/aromatic N) is 3. The van der Waals surface area contributed by atoms with Crippen LogP contribution in [0.3, 0.4) is 0 Å². The standard InChI is InChI=1S/C35H31BF2IN3O/c1-23-21-30(17-7-25-5-15-29(16-6-25)40(3)4)41-34(23)33(27-11-13-28(39)14-12-27)35-24(2)22-31(42(35)36(41,37)38)18-8-26-9-19-32(43)20-10-26/h5-22,43H,1-4H3/b17-7+,18-8+. The zero-order valence-corrected chi connectivity index (χ0v) is 26.5. The van der Waals surface area contributed by atoms with Crippen LogP contribution in [0.2, 0.25) is 0 Å². The van der Waals surface area contributed by atoms with E-state index in [0.29, 0.717) is 22.8 Å². The second kappa shape index (κ2) is 11.2. The Morgan fingerprint density at radius 1 is 0.837 bits per heavy atom. The Morgan fingerprint density at radius 3 is 2.07 bits per heavy atom. The topological polar surface area (TPSA) is 31.4 Å². The van der Waals surface area contributed by atoms with Gasteiger partial charge in [-0.2, -0.15) is 0 Å². The summed E-state index contributed by atoms with van der Waals surface area (Å²) in [6.45, 7) is -0.445. The lowest BCUT2D eigenvalue weighted by molar-refractivity contribution is -0.362. The van der Waals surface area contributed by atoms with Gasteiger partial charge in [0.1, 0.15) is 5.75 Å². The van der Waals surface area contributed by atoms with Crippen LogP contribution in [0.25, 0.3) is 23.8 Å². The molecule has 0 saturated heterocycles. The largest absolute Gasteiger partial charge is 0.737 e. The molecule has 3 aromatic carbocycles. The summed E-state index contributed by atoms with van der Waals surface area (Å²) < 4.78 is 37.5. The van der Waals surface area contributed by atoms with Crippen LogP contribution in [0.15, 0.2) is 102 Å². The van der Waals surface area contributed by atoms with Crippen LogP contribution in [0.4, 0.5) is 14.3 Å². The van der Waals surface area contributed by atoms with Crippen LogP contribution in [0, 0.1) is 10.5 Å². The Bertz CT molecular complexity index is 1880. The molecule has 1 N–H and O–H groups in total. The van der Waals surface area contributed by atoms with E-state index in [1.807, 2.05) is 99.6 Å². The third kappa shape index (κ3) is 5.29. The maximum absolute atomic E-state index is 17.0. The summed E-state index contributed by atoms with van der Waals surface area (Å²) in [5.74, 6) is 0.157. The van der Waals surface area contributed by atoms with Gasteiger partial charge in [0.05, 0.1) is 5.57 Å². The number of aromatic hydroxyl groups is 1. The highest BCUT2D eigenvalue weighted by Crippen LogP contribution is 2.44. The fourth-order valence-corrected chi connectivity index (χ4v) is 6.23. The quantitative estimate of drug-likeness (QED) is 0.163. The molecule has 0 atom stereocenters. The van der Waals surface area contributed by atoms with Crippen LogP contribution in [0.1, 0.15) is 40.6 Å². The number of aromatic nitrogens is 1. The van der Waals surface area contributed by atoms with Crippen LogP contribution in [-0.4, -0.2) is 40.8 Å². The molecule has 43 heavy (non-hydrogen) atoms. The second-order valence-corrected chi connectivity index (χ2v) is 12.4. The molecule has 0 spiro atoms. The van der Waals surface area contributed by atoms with E-state index in [1.54, 1.807) is 42.5 Å². The zero-order chi connectivity index (χ0) is 30.5. The molecule has 2 aliphatic rings. The van der Waals surface area contributed by atoms with Crippen LogP contribution >= 0.6 is 22.6 Å². The molecule has 0 fully saturated rings. The number of hydrogen-bond donors (Lipinski definition) is 1. The predicted octanol–water partition coefficient (Wildman–Crippen LogP) is 8.47. The third-order valence-corrected chi connectivity index (χ3v) is 8.66. The Balaban J connectivity index is 1.55. The smallest absolute Gasteiger partial charge is 0.508 e. The summed E-state index contributed by atoms with van der Waals surface area (Å²) in [7, 11) is 3.97. The highest BCUT2D eigenvalue weighted by molar-refractivity contribution is 14.1. The van der Waals surface area contributed by atoms with Gasteiger partial charge >= 0.3 is 6.97 Å². The van der Waals surface area contributed by atoms with Crippen molar-refractivity contribution in [2.45, 2.75) is 13.8 Å². The van der Waals surface area contributed by atoms with E-state index < -0.39 is 6.97 Å². The SMILES string of the molecule is CC1=CC(/C=C/c2ccc(O)cc2)=[N+]2C1=C(c1ccc(I)cc1)c1c(C)cc(/C=C/c3ccc(N(C)C)cc3)n1[B-]2(F)F. The molecule has 8 heteroatoms. The van der Waals surface area contributed by atoms with Gasteiger partial charge in [0.2, 0.25) is 0 Å². The Hall–Kier alpha value is -4.18. The van der Waals surface area contributed by atoms with Crippen LogP contribution in [0.5, 0.6) is 5.75 Å². The molecule has 3 heterocycles. The van der Waals surface area contributed by atoms with Gasteiger partial charge in [-0.15, -0.1) is 0 Å². The van der Waals surface area contributed by atoms with Gasteiger partial charge in [0.15, 0.2) is 11.4 Å². The number of hydrogen-bond acceptors (Lipinski definition) is 2. The number of phenolic OH excluding ortho intramolecular Hbond substituents is 1. The van der Waals surface area contributed by atoms with Gasteiger partial charge in [0, 0.05) is 52.5 Å². The minimum atomic E-state index is -4.25. The number of anilines is 1. The van der Waals surface area contributed by atoms with Crippen molar-refractivity contribution in [2.75, 3.05) is 19.0 Å². The molecule has 0 unspecified atom stereocenters. The average molecular weight is 685 g/mol. The fourth-order valence-electron chi connectivity index (χ4n) is 5.87. The maximum Gasteiger partial charge on any atom is 0.737 e. The van der Waals surface area contributed by atoms with E-state index >= 15 is 8.63 Å². The zero-order valence-electron chi connectivity index (χ0n) is 24.4. The Labute approximate surface area is 264 Å². The first kappa shape index (κ1) is 28.9. The molecule has 1 aromatic heterocycles. The molecule has 216 valence electrons. The normalized spacial score (nSPS) is 15.8. The highest BCUT2D eigenvalue weighted by atomic mass is 127. The number of fused-ring (bicyclic) bond motifs is 2. The van der Waals surface area contributed by atoms with Crippen molar-refractivity contribution in [3.63, 3.8) is 0 Å². The van der Waals surface area contributed by atoms with Gasteiger partial charge in [-0.3, -0.25) is 0 Å². The summed E-state index contributed by atoms with van der Waals surface area (Å²) >= 11 is 2.26. The monoisotopic (exact) mass is 685 g/mol. The van der Waals surface area contributed by atoms with Crippen molar-refractivity contribution < 1.29 is 18.2 Å². The van der Waals surface area contributed by atoms with E-state index in [4.69, 9.17) is 0 Å². The number of benzene rings is 3. The maximum atomic E-state index is 17.0. The molecule has 0 amide bonds. The van der Waals surface area contributed by atoms with Gasteiger partial charge in [-0.25, -0.2) is 0 Å². The Morgan fingerprint density at radius 2 is 1.44 bits per heavy atom. The lowest BCUT2D eigenvalue weighted by Crippen LogP contribution is -2.51. The number of halogens is 3. The minimum absolute atomic E-state index is 0.157. The van der Waals surface area contributed by atoms with E-state index in [-0.39, 0.29) is 5.75 Å². The van der Waals surface area contributed by atoms with Crippen LogP contribution in [-0.2, 0) is 0 Å². The molecule has 6 rings (SSSR count). The molecule has 2 aliphatic heterocycles. The van der Waals surface area contributed by atoms with Crippen molar-refractivity contribution in [1.29, 1.82) is 0 Å². The first-order valence-electron chi connectivity index (χ1n) is 14.1. The van der Waals surface area contributed by atoms with E-state index in [9.17, 15) is 5.11 Å². The summed E-state index contributed by atoms with van der Waals surface area (Å²) in [5.41, 5.74) is 8.00. The molecule has 4 nitrogen and oxygen atoms in total. The molecular formula is C35H31BF2IN3O. The number of aryl methyl sites for hydroxylation is 1. The average Bonchev–Trinajstić information content (AvgIpc) is 3.50. The van der Waals surface area contributed by atoms with Gasteiger partial charge < -0.3 is 27.6 Å². The Kier molecular flexibility index (Phi) is 7.50. The number of allylic oxidation sites excluding steroid dienone is 3. The summed E-state index contributed by atoms with van der Waals surface area (Å²) in [6.07, 6.45) is 9.04. The summed E-state index contributed by atoms with van der Waals surface area (Å²) in [6, 6.07) is 24.6. The van der Waals surface area contributed by atoms with E-state index in [0.717, 1.165) is 42.7 Å². The van der Waals surface area contributed by atoms with Crippen molar-refractivity contribution in [3.8, 4) is 5.75 Å². The van der Waals surface area contributed by atoms with Gasteiger partial charge in [-0.1, -0.05) is 42.5 Å². The van der Waals surface area contributed by atoms with Gasteiger partial charge in [-0.05, 0) is 113 Å². The first-order chi connectivity index (χ1) is 20.5.